The average molecular weight is 441 g/mol. The van der Waals surface area contributed by atoms with Crippen molar-refractivity contribution >= 4 is 23.3 Å². The lowest BCUT2D eigenvalue weighted by Gasteiger charge is -2.12. The van der Waals surface area contributed by atoms with Crippen LogP contribution in [-0.2, 0) is 15.7 Å². The highest BCUT2D eigenvalue weighted by Crippen LogP contribution is 2.32. The van der Waals surface area contributed by atoms with Crippen molar-refractivity contribution in [3.05, 3.63) is 89.5 Å². The number of ether oxygens (including phenoxy) is 1. The van der Waals surface area contributed by atoms with Gasteiger partial charge in [-0.15, -0.1) is 0 Å². The van der Waals surface area contributed by atoms with E-state index in [-0.39, 0.29) is 11.3 Å². The number of carbonyl (C=O) groups is 3. The SMILES string of the molecule is CC(=O)c1cccc(NC(=O)COC(=O)c2ccccc2-c2ccc(C(F)(F)F)cc2)c1. The predicted molar refractivity (Wildman–Crippen MR) is 112 cm³/mol. The molecule has 0 fully saturated rings. The van der Waals surface area contributed by atoms with E-state index in [2.05, 4.69) is 5.32 Å². The first-order chi connectivity index (χ1) is 15.1. The molecule has 3 aromatic rings. The first-order valence-electron chi connectivity index (χ1n) is 9.50. The second-order valence-corrected chi connectivity index (χ2v) is 6.88. The van der Waals surface area contributed by atoms with Gasteiger partial charge in [0.15, 0.2) is 12.4 Å². The zero-order valence-corrected chi connectivity index (χ0v) is 16.9. The fraction of sp³-hybridized carbons (Fsp3) is 0.125. The Balaban J connectivity index is 1.69. The van der Waals surface area contributed by atoms with Crippen LogP contribution in [0.1, 0.15) is 33.2 Å². The molecule has 0 saturated carbocycles. The van der Waals surface area contributed by atoms with Crippen molar-refractivity contribution in [2.24, 2.45) is 0 Å². The summed E-state index contributed by atoms with van der Waals surface area (Å²) in [6.07, 6.45) is -4.46. The Labute approximate surface area is 181 Å². The quantitative estimate of drug-likeness (QED) is 0.412. The van der Waals surface area contributed by atoms with Crippen molar-refractivity contribution in [2.75, 3.05) is 11.9 Å². The van der Waals surface area contributed by atoms with E-state index in [4.69, 9.17) is 4.74 Å². The summed E-state index contributed by atoms with van der Waals surface area (Å²) in [4.78, 5) is 36.1. The molecule has 0 radical (unpaired) electrons. The van der Waals surface area contributed by atoms with Crippen molar-refractivity contribution in [1.29, 1.82) is 0 Å². The van der Waals surface area contributed by atoms with Crippen LogP contribution in [0.4, 0.5) is 18.9 Å². The summed E-state index contributed by atoms with van der Waals surface area (Å²) in [5.74, 6) is -1.56. The predicted octanol–water partition coefficient (Wildman–Crippen LogP) is 5.37. The Morgan fingerprint density at radius 3 is 2.25 bits per heavy atom. The van der Waals surface area contributed by atoms with Crippen LogP contribution < -0.4 is 5.32 Å². The Morgan fingerprint density at radius 1 is 0.906 bits per heavy atom. The van der Waals surface area contributed by atoms with Crippen LogP contribution in [0.5, 0.6) is 0 Å². The summed E-state index contributed by atoms with van der Waals surface area (Å²) in [5.41, 5.74) is 0.886. The zero-order valence-electron chi connectivity index (χ0n) is 16.9. The number of hydrogen-bond acceptors (Lipinski definition) is 4. The van der Waals surface area contributed by atoms with Gasteiger partial charge in [0.1, 0.15) is 0 Å². The maximum atomic E-state index is 12.8. The molecule has 32 heavy (non-hydrogen) atoms. The highest BCUT2D eigenvalue weighted by atomic mass is 19.4. The highest BCUT2D eigenvalue weighted by Gasteiger charge is 2.30. The number of anilines is 1. The summed E-state index contributed by atoms with van der Waals surface area (Å²) in [5, 5.41) is 2.54. The van der Waals surface area contributed by atoms with E-state index in [1.54, 1.807) is 36.4 Å². The van der Waals surface area contributed by atoms with Gasteiger partial charge in [-0.3, -0.25) is 9.59 Å². The van der Waals surface area contributed by atoms with Crippen LogP contribution in [0.2, 0.25) is 0 Å². The van der Waals surface area contributed by atoms with E-state index in [1.807, 2.05) is 0 Å². The topological polar surface area (TPSA) is 72.5 Å². The van der Waals surface area contributed by atoms with Crippen LogP contribution in [0.3, 0.4) is 0 Å². The molecule has 8 heteroatoms. The monoisotopic (exact) mass is 441 g/mol. The van der Waals surface area contributed by atoms with Crippen LogP contribution in [0.15, 0.2) is 72.8 Å². The number of carbonyl (C=O) groups excluding carboxylic acids is 3. The summed E-state index contributed by atoms with van der Waals surface area (Å²) in [7, 11) is 0. The molecule has 0 bridgehead atoms. The maximum Gasteiger partial charge on any atom is 0.416 e. The minimum absolute atomic E-state index is 0.110. The van der Waals surface area contributed by atoms with Crippen molar-refractivity contribution in [3.8, 4) is 11.1 Å². The van der Waals surface area contributed by atoms with Crippen LogP contribution in [0, 0.1) is 0 Å². The smallest absolute Gasteiger partial charge is 0.416 e. The molecule has 164 valence electrons. The number of Topliss-reactive ketones (excluding diaryl/α,β-unsaturated/α-hetero) is 1. The molecule has 0 spiro atoms. The Kier molecular flexibility index (Phi) is 6.73. The average Bonchev–Trinajstić information content (AvgIpc) is 2.77. The number of nitrogens with one attached hydrogen (secondary N) is 1. The van der Waals surface area contributed by atoms with E-state index in [0.29, 0.717) is 22.4 Å². The van der Waals surface area contributed by atoms with Gasteiger partial charge in [0, 0.05) is 11.3 Å². The molecule has 3 rings (SSSR count). The summed E-state index contributed by atoms with van der Waals surface area (Å²) >= 11 is 0. The third-order valence-electron chi connectivity index (χ3n) is 4.56. The van der Waals surface area contributed by atoms with E-state index >= 15 is 0 Å². The molecular formula is C24H18F3NO4. The Hall–Kier alpha value is -3.94. The first-order valence-corrected chi connectivity index (χ1v) is 9.50. The standard InChI is InChI=1S/C24H18F3NO4/c1-15(29)17-5-4-6-19(13-17)28-22(30)14-32-23(31)21-8-3-2-7-20(21)16-9-11-18(12-10-16)24(25,26)27/h2-13H,14H2,1H3,(H,28,30). The van der Waals surface area contributed by atoms with Gasteiger partial charge in [-0.25, -0.2) is 4.79 Å². The second-order valence-electron chi connectivity index (χ2n) is 6.88. The molecule has 0 aromatic heterocycles. The van der Waals surface area contributed by atoms with Gasteiger partial charge in [-0.05, 0) is 48.4 Å². The summed E-state index contributed by atoms with van der Waals surface area (Å²) in [6, 6.07) is 17.0. The van der Waals surface area contributed by atoms with E-state index in [0.717, 1.165) is 12.1 Å². The van der Waals surface area contributed by atoms with Crippen molar-refractivity contribution in [2.45, 2.75) is 13.1 Å². The summed E-state index contributed by atoms with van der Waals surface area (Å²) < 4.78 is 43.5. The first kappa shape index (κ1) is 22.7. The van der Waals surface area contributed by atoms with Crippen LogP contribution in [0.25, 0.3) is 11.1 Å². The van der Waals surface area contributed by atoms with Crippen molar-refractivity contribution in [1.82, 2.24) is 0 Å². The van der Waals surface area contributed by atoms with E-state index in [9.17, 15) is 27.6 Å². The summed E-state index contributed by atoms with van der Waals surface area (Å²) in [6.45, 7) is 0.821. The Bertz CT molecular complexity index is 1150. The molecule has 0 unspecified atom stereocenters. The lowest BCUT2D eigenvalue weighted by molar-refractivity contribution is -0.137. The van der Waals surface area contributed by atoms with Crippen molar-refractivity contribution < 1.29 is 32.3 Å². The van der Waals surface area contributed by atoms with Gasteiger partial charge < -0.3 is 10.1 Å². The molecule has 0 aliphatic carbocycles. The molecule has 0 saturated heterocycles. The minimum atomic E-state index is -4.46. The Morgan fingerprint density at radius 2 is 1.59 bits per heavy atom. The lowest BCUT2D eigenvalue weighted by atomic mass is 9.98. The van der Waals surface area contributed by atoms with Crippen LogP contribution >= 0.6 is 0 Å². The molecule has 1 N–H and O–H groups in total. The number of hydrogen-bond donors (Lipinski definition) is 1. The van der Waals surface area contributed by atoms with Crippen molar-refractivity contribution in [3.63, 3.8) is 0 Å². The molecule has 0 aliphatic heterocycles. The minimum Gasteiger partial charge on any atom is -0.452 e. The van der Waals surface area contributed by atoms with Gasteiger partial charge in [-0.1, -0.05) is 42.5 Å². The normalized spacial score (nSPS) is 11.0. The molecule has 0 aliphatic rings. The molecule has 5 nitrogen and oxygen atoms in total. The third-order valence-corrected chi connectivity index (χ3v) is 4.56. The largest absolute Gasteiger partial charge is 0.452 e. The van der Waals surface area contributed by atoms with Gasteiger partial charge >= 0.3 is 12.1 Å². The maximum absolute atomic E-state index is 12.8. The molecule has 3 aromatic carbocycles. The fourth-order valence-electron chi connectivity index (χ4n) is 2.97. The number of amides is 1. The number of ketones is 1. The number of alkyl halides is 3. The van der Waals surface area contributed by atoms with E-state index < -0.39 is 30.2 Å². The molecule has 1 amide bonds. The molecule has 0 heterocycles. The van der Waals surface area contributed by atoms with Crippen LogP contribution in [-0.4, -0.2) is 24.3 Å². The second kappa shape index (κ2) is 9.47. The number of halogens is 3. The highest BCUT2D eigenvalue weighted by molar-refractivity contribution is 6.00. The fourth-order valence-corrected chi connectivity index (χ4v) is 2.97. The zero-order chi connectivity index (χ0) is 23.3. The van der Waals surface area contributed by atoms with Gasteiger partial charge in [0.05, 0.1) is 11.1 Å². The third kappa shape index (κ3) is 5.60. The van der Waals surface area contributed by atoms with Gasteiger partial charge in [-0.2, -0.15) is 13.2 Å². The van der Waals surface area contributed by atoms with Gasteiger partial charge in [0.25, 0.3) is 5.91 Å². The van der Waals surface area contributed by atoms with E-state index in [1.165, 1.54) is 31.2 Å². The molecular weight excluding hydrogens is 423 g/mol. The number of benzene rings is 3. The van der Waals surface area contributed by atoms with Gasteiger partial charge in [0.2, 0.25) is 0 Å². The number of esters is 1. The number of rotatable bonds is 6. The molecule has 0 atom stereocenters. The lowest BCUT2D eigenvalue weighted by Crippen LogP contribution is -2.21.